The maximum Gasteiger partial charge on any atom is 0.256 e. The van der Waals surface area contributed by atoms with E-state index in [1.807, 2.05) is 36.4 Å². The van der Waals surface area contributed by atoms with Gasteiger partial charge >= 0.3 is 0 Å². The maximum absolute atomic E-state index is 12.7. The summed E-state index contributed by atoms with van der Waals surface area (Å²) in [4.78, 5) is 17.0. The summed E-state index contributed by atoms with van der Waals surface area (Å²) in [5.41, 5.74) is 2.23. The summed E-state index contributed by atoms with van der Waals surface area (Å²) in [5, 5.41) is 2.71. The molecule has 150 valence electrons. The largest absolute Gasteiger partial charge is 0.307 e. The van der Waals surface area contributed by atoms with E-state index in [2.05, 4.69) is 10.3 Å². The van der Waals surface area contributed by atoms with E-state index in [-0.39, 0.29) is 10.5 Å². The number of aromatic nitrogens is 1. The number of hydrogen-bond donors (Lipinski definition) is 1. The third-order valence-corrected chi connectivity index (χ3v) is 6.60. The predicted molar refractivity (Wildman–Crippen MR) is 114 cm³/mol. The van der Waals surface area contributed by atoms with E-state index < -0.39 is 15.9 Å². The standard InChI is InChI=1S/C22H23N3O3S/c1-3-25(4-2)29(27,28)20-12-8-11-18(15-20)22(26)24-21-14-13-19(16-23-21)17-9-6-5-7-10-17/h5-16H,3-4H2,1-2H3,(H,23,24,26). The van der Waals surface area contributed by atoms with Crippen LogP contribution in [0.1, 0.15) is 24.2 Å². The summed E-state index contributed by atoms with van der Waals surface area (Å²) in [7, 11) is -3.63. The molecule has 0 aliphatic rings. The Bertz CT molecular complexity index is 1080. The highest BCUT2D eigenvalue weighted by molar-refractivity contribution is 7.89. The lowest BCUT2D eigenvalue weighted by Gasteiger charge is -2.18. The number of nitrogens with zero attached hydrogens (tertiary/aromatic N) is 2. The topological polar surface area (TPSA) is 79.4 Å². The maximum atomic E-state index is 12.7. The quantitative estimate of drug-likeness (QED) is 0.639. The first kappa shape index (κ1) is 20.7. The molecule has 1 heterocycles. The minimum Gasteiger partial charge on any atom is -0.307 e. The minimum absolute atomic E-state index is 0.0984. The second-order valence-corrected chi connectivity index (χ2v) is 8.31. The van der Waals surface area contributed by atoms with Crippen LogP contribution in [0.4, 0.5) is 5.82 Å². The first-order chi connectivity index (χ1) is 14.0. The van der Waals surface area contributed by atoms with Gasteiger partial charge in [-0.2, -0.15) is 4.31 Å². The van der Waals surface area contributed by atoms with E-state index in [0.29, 0.717) is 18.9 Å². The van der Waals surface area contributed by atoms with E-state index in [0.717, 1.165) is 11.1 Å². The lowest BCUT2D eigenvalue weighted by Crippen LogP contribution is -2.30. The molecule has 0 spiro atoms. The third kappa shape index (κ3) is 4.70. The Morgan fingerprint density at radius 1 is 0.931 bits per heavy atom. The van der Waals surface area contributed by atoms with Crippen LogP contribution in [-0.2, 0) is 10.0 Å². The molecule has 1 N–H and O–H groups in total. The van der Waals surface area contributed by atoms with Crippen LogP contribution in [0.2, 0.25) is 0 Å². The molecule has 3 rings (SSSR count). The van der Waals surface area contributed by atoms with Gasteiger partial charge in [0.15, 0.2) is 0 Å². The van der Waals surface area contributed by atoms with E-state index >= 15 is 0 Å². The second-order valence-electron chi connectivity index (χ2n) is 6.37. The molecule has 0 fully saturated rings. The molecule has 7 heteroatoms. The fourth-order valence-electron chi connectivity index (χ4n) is 2.97. The van der Waals surface area contributed by atoms with Crippen molar-refractivity contribution in [3.05, 3.63) is 78.5 Å². The number of carbonyl (C=O) groups is 1. The van der Waals surface area contributed by atoms with Crippen molar-refractivity contribution in [1.29, 1.82) is 0 Å². The molecule has 29 heavy (non-hydrogen) atoms. The van der Waals surface area contributed by atoms with Gasteiger partial charge in [0.05, 0.1) is 4.90 Å². The van der Waals surface area contributed by atoms with Gasteiger partial charge in [0.1, 0.15) is 5.82 Å². The van der Waals surface area contributed by atoms with Gasteiger partial charge in [0.25, 0.3) is 5.91 Å². The molecule has 6 nitrogen and oxygen atoms in total. The molecule has 0 unspecified atom stereocenters. The summed E-state index contributed by atoms with van der Waals surface area (Å²) in [6.07, 6.45) is 1.69. The lowest BCUT2D eigenvalue weighted by molar-refractivity contribution is 0.102. The van der Waals surface area contributed by atoms with Crippen molar-refractivity contribution in [2.24, 2.45) is 0 Å². The summed E-state index contributed by atoms with van der Waals surface area (Å²) >= 11 is 0. The molecule has 0 saturated carbocycles. The molecule has 0 saturated heterocycles. The van der Waals surface area contributed by atoms with Crippen molar-refractivity contribution in [3.63, 3.8) is 0 Å². The third-order valence-electron chi connectivity index (χ3n) is 4.55. The number of rotatable bonds is 7. The highest BCUT2D eigenvalue weighted by Crippen LogP contribution is 2.20. The van der Waals surface area contributed by atoms with E-state index in [1.54, 1.807) is 38.2 Å². The molecule has 0 atom stereocenters. The monoisotopic (exact) mass is 409 g/mol. The Hall–Kier alpha value is -3.03. The summed E-state index contributed by atoms with van der Waals surface area (Å²) in [6, 6.07) is 19.4. The minimum atomic E-state index is -3.63. The second kappa shape index (κ2) is 8.98. The number of amides is 1. The van der Waals surface area contributed by atoms with Gasteiger partial charge in [0, 0.05) is 30.4 Å². The van der Waals surface area contributed by atoms with Crippen molar-refractivity contribution in [2.45, 2.75) is 18.7 Å². The zero-order valence-electron chi connectivity index (χ0n) is 16.4. The smallest absolute Gasteiger partial charge is 0.256 e. The zero-order valence-corrected chi connectivity index (χ0v) is 17.2. The van der Waals surface area contributed by atoms with Crippen LogP contribution >= 0.6 is 0 Å². The van der Waals surface area contributed by atoms with Gasteiger partial charge in [-0.05, 0) is 35.9 Å². The molecule has 0 radical (unpaired) electrons. The Kier molecular flexibility index (Phi) is 6.41. The summed E-state index contributed by atoms with van der Waals surface area (Å²) in [6.45, 7) is 4.30. The number of sulfonamides is 1. The lowest BCUT2D eigenvalue weighted by atomic mass is 10.1. The highest BCUT2D eigenvalue weighted by atomic mass is 32.2. The van der Waals surface area contributed by atoms with Crippen LogP contribution in [0.5, 0.6) is 0 Å². The van der Waals surface area contributed by atoms with Crippen LogP contribution in [0, 0.1) is 0 Å². The van der Waals surface area contributed by atoms with Gasteiger partial charge in [-0.3, -0.25) is 4.79 Å². The molecular formula is C22H23N3O3S. The first-order valence-corrected chi connectivity index (χ1v) is 10.8. The van der Waals surface area contributed by atoms with Gasteiger partial charge in [-0.25, -0.2) is 13.4 Å². The van der Waals surface area contributed by atoms with Gasteiger partial charge in [0.2, 0.25) is 10.0 Å². The predicted octanol–water partition coefficient (Wildman–Crippen LogP) is 4.03. The van der Waals surface area contributed by atoms with Crippen molar-refractivity contribution in [1.82, 2.24) is 9.29 Å². The molecule has 0 aliphatic heterocycles. The van der Waals surface area contributed by atoms with Gasteiger partial charge in [-0.1, -0.05) is 50.2 Å². The van der Waals surface area contributed by atoms with E-state index in [9.17, 15) is 13.2 Å². The molecule has 1 amide bonds. The number of anilines is 1. The van der Waals surface area contributed by atoms with Crippen LogP contribution in [-0.4, -0.2) is 36.7 Å². The van der Waals surface area contributed by atoms with Crippen LogP contribution in [0.15, 0.2) is 77.8 Å². The van der Waals surface area contributed by atoms with Crippen molar-refractivity contribution >= 4 is 21.7 Å². The SMILES string of the molecule is CCN(CC)S(=O)(=O)c1cccc(C(=O)Nc2ccc(-c3ccccc3)cn2)c1. The van der Waals surface area contributed by atoms with Crippen molar-refractivity contribution in [2.75, 3.05) is 18.4 Å². The van der Waals surface area contributed by atoms with Crippen molar-refractivity contribution in [3.8, 4) is 11.1 Å². The van der Waals surface area contributed by atoms with Crippen molar-refractivity contribution < 1.29 is 13.2 Å². The molecular weight excluding hydrogens is 386 g/mol. The normalized spacial score (nSPS) is 11.4. The first-order valence-electron chi connectivity index (χ1n) is 9.38. The Morgan fingerprint density at radius 2 is 1.66 bits per heavy atom. The molecule has 3 aromatic rings. The van der Waals surface area contributed by atoms with Gasteiger partial charge < -0.3 is 5.32 Å². The molecule has 0 aliphatic carbocycles. The number of benzene rings is 2. The van der Waals surface area contributed by atoms with Crippen LogP contribution in [0.25, 0.3) is 11.1 Å². The van der Waals surface area contributed by atoms with E-state index in [1.165, 1.54) is 16.4 Å². The highest BCUT2D eigenvalue weighted by Gasteiger charge is 2.22. The fourth-order valence-corrected chi connectivity index (χ4v) is 4.47. The Labute approximate surface area is 171 Å². The summed E-state index contributed by atoms with van der Waals surface area (Å²) in [5.74, 6) is -0.0201. The number of pyridine rings is 1. The summed E-state index contributed by atoms with van der Waals surface area (Å²) < 4.78 is 26.7. The fraction of sp³-hybridized carbons (Fsp3) is 0.182. The van der Waals surface area contributed by atoms with Gasteiger partial charge in [-0.15, -0.1) is 0 Å². The molecule has 2 aromatic carbocycles. The average molecular weight is 410 g/mol. The zero-order chi connectivity index (χ0) is 20.9. The van der Waals surface area contributed by atoms with Crippen LogP contribution in [0.3, 0.4) is 0 Å². The molecule has 0 bridgehead atoms. The Morgan fingerprint density at radius 3 is 2.28 bits per heavy atom. The number of carbonyl (C=O) groups excluding carboxylic acids is 1. The Balaban J connectivity index is 1.78. The number of nitrogens with one attached hydrogen (secondary N) is 1. The van der Waals surface area contributed by atoms with Crippen LogP contribution < -0.4 is 5.32 Å². The van der Waals surface area contributed by atoms with E-state index in [4.69, 9.17) is 0 Å². The molecule has 1 aromatic heterocycles. The number of hydrogen-bond acceptors (Lipinski definition) is 4. The average Bonchev–Trinajstić information content (AvgIpc) is 2.75.